The molecular weight excluding hydrogens is 276 g/mol. The fourth-order valence-electron chi connectivity index (χ4n) is 2.56. The average molecular weight is 300 g/mol. The summed E-state index contributed by atoms with van der Waals surface area (Å²) >= 11 is 0. The molecule has 0 aromatic carbocycles. The van der Waals surface area contributed by atoms with Gasteiger partial charge in [0.2, 0.25) is 0 Å². The number of hydrogen-bond donors (Lipinski definition) is 2. The number of piperidine rings is 1. The minimum atomic E-state index is -3.48. The van der Waals surface area contributed by atoms with Crippen LogP contribution in [0.3, 0.4) is 0 Å². The predicted octanol–water partition coefficient (Wildman–Crippen LogP) is 1.12. The molecular formula is C13H24N4O2S. The zero-order chi connectivity index (χ0) is 14.8. The molecule has 0 radical (unpaired) electrons. The molecule has 1 fully saturated rings. The van der Waals surface area contributed by atoms with E-state index in [9.17, 15) is 8.42 Å². The van der Waals surface area contributed by atoms with Crippen molar-refractivity contribution in [3.63, 3.8) is 0 Å². The summed E-state index contributed by atoms with van der Waals surface area (Å²) in [5.74, 6) is 1.05. The maximum atomic E-state index is 12.7. The fraction of sp³-hybridized carbons (Fsp3) is 0.769. The molecule has 20 heavy (non-hydrogen) atoms. The number of aromatic amines is 1. The van der Waals surface area contributed by atoms with Gasteiger partial charge < -0.3 is 10.3 Å². The molecule has 2 heterocycles. The first-order valence-electron chi connectivity index (χ1n) is 7.15. The topological polar surface area (TPSA) is 78.1 Å². The number of nitrogens with zero attached hydrogens (tertiary/aromatic N) is 2. The molecule has 6 nitrogen and oxygen atoms in total. The minimum absolute atomic E-state index is 0.0570. The van der Waals surface area contributed by atoms with E-state index < -0.39 is 10.0 Å². The molecule has 1 saturated heterocycles. The second kappa shape index (κ2) is 6.24. The Morgan fingerprint density at radius 3 is 2.55 bits per heavy atom. The Morgan fingerprint density at radius 2 is 2.05 bits per heavy atom. The van der Waals surface area contributed by atoms with Crippen LogP contribution in [0.4, 0.5) is 0 Å². The second-order valence-corrected chi connectivity index (χ2v) is 7.55. The molecule has 0 bridgehead atoms. The smallest absolute Gasteiger partial charge is 0.260 e. The summed E-state index contributed by atoms with van der Waals surface area (Å²) in [5.41, 5.74) is 0. The lowest BCUT2D eigenvalue weighted by Gasteiger charge is -2.31. The lowest BCUT2D eigenvalue weighted by Crippen LogP contribution is -2.43. The van der Waals surface area contributed by atoms with E-state index in [1.807, 2.05) is 13.8 Å². The van der Waals surface area contributed by atoms with Gasteiger partial charge in [-0.3, -0.25) is 0 Å². The van der Waals surface area contributed by atoms with Crippen molar-refractivity contribution in [1.29, 1.82) is 0 Å². The van der Waals surface area contributed by atoms with Crippen molar-refractivity contribution in [2.45, 2.75) is 44.7 Å². The quantitative estimate of drug-likeness (QED) is 0.854. The van der Waals surface area contributed by atoms with Crippen LogP contribution in [0.1, 0.15) is 32.5 Å². The lowest BCUT2D eigenvalue weighted by atomic mass is 9.98. The number of nitrogens with one attached hydrogen (secondary N) is 2. The Bertz CT molecular complexity index is 532. The van der Waals surface area contributed by atoms with Crippen LogP contribution in [-0.2, 0) is 10.0 Å². The highest BCUT2D eigenvalue weighted by Crippen LogP contribution is 2.21. The molecule has 2 rings (SSSR count). The number of imidazole rings is 1. The third-order valence-electron chi connectivity index (χ3n) is 3.74. The molecule has 1 aliphatic rings. The Morgan fingerprint density at radius 1 is 1.40 bits per heavy atom. The van der Waals surface area contributed by atoms with Crippen molar-refractivity contribution in [3.05, 3.63) is 12.0 Å². The van der Waals surface area contributed by atoms with E-state index in [2.05, 4.69) is 15.3 Å². The van der Waals surface area contributed by atoms with E-state index in [1.54, 1.807) is 11.2 Å². The van der Waals surface area contributed by atoms with Gasteiger partial charge in [-0.1, -0.05) is 0 Å². The fourth-order valence-corrected chi connectivity index (χ4v) is 4.24. The van der Waals surface area contributed by atoms with Gasteiger partial charge in [0.1, 0.15) is 5.82 Å². The normalized spacial score (nSPS) is 18.1. The first-order chi connectivity index (χ1) is 9.41. The SMILES string of the molecule is Cc1ncc(S(=O)(=O)N(CC2CCNCC2)C(C)C)[nH]1. The van der Waals surface area contributed by atoms with Gasteiger partial charge in [-0.25, -0.2) is 13.4 Å². The maximum Gasteiger partial charge on any atom is 0.260 e. The van der Waals surface area contributed by atoms with Crippen LogP contribution in [-0.4, -0.2) is 48.4 Å². The van der Waals surface area contributed by atoms with Gasteiger partial charge in [-0.2, -0.15) is 4.31 Å². The number of aromatic nitrogens is 2. The Labute approximate surface area is 121 Å². The molecule has 0 aliphatic carbocycles. The molecule has 0 saturated carbocycles. The van der Waals surface area contributed by atoms with E-state index >= 15 is 0 Å². The number of hydrogen-bond acceptors (Lipinski definition) is 4. The summed E-state index contributed by atoms with van der Waals surface area (Å²) in [4.78, 5) is 6.84. The van der Waals surface area contributed by atoms with Crippen LogP contribution in [0.15, 0.2) is 11.2 Å². The van der Waals surface area contributed by atoms with Crippen molar-refractivity contribution in [1.82, 2.24) is 19.6 Å². The number of rotatable bonds is 5. The Balaban J connectivity index is 2.19. The van der Waals surface area contributed by atoms with Gasteiger partial charge in [0, 0.05) is 12.6 Å². The molecule has 2 N–H and O–H groups in total. The van der Waals surface area contributed by atoms with Gasteiger partial charge in [0.25, 0.3) is 10.0 Å². The van der Waals surface area contributed by atoms with Crippen LogP contribution in [0, 0.1) is 12.8 Å². The van der Waals surface area contributed by atoms with Crippen LogP contribution in [0.2, 0.25) is 0 Å². The lowest BCUT2D eigenvalue weighted by molar-refractivity contribution is 0.260. The Kier molecular flexibility index (Phi) is 4.82. The first-order valence-corrected chi connectivity index (χ1v) is 8.59. The highest BCUT2D eigenvalue weighted by molar-refractivity contribution is 7.89. The standard InChI is InChI=1S/C13H24N4O2S/c1-10(2)17(9-12-4-6-14-7-5-12)20(18,19)13-8-15-11(3)16-13/h8,10,12,14H,4-7,9H2,1-3H3,(H,15,16). The number of aryl methyl sites for hydroxylation is 1. The van der Waals surface area contributed by atoms with Crippen molar-refractivity contribution in [2.75, 3.05) is 19.6 Å². The van der Waals surface area contributed by atoms with Crippen LogP contribution < -0.4 is 5.32 Å². The monoisotopic (exact) mass is 300 g/mol. The van der Waals surface area contributed by atoms with E-state index in [1.165, 1.54) is 6.20 Å². The minimum Gasteiger partial charge on any atom is -0.332 e. The Hall–Kier alpha value is -0.920. The van der Waals surface area contributed by atoms with Gasteiger partial charge in [0.15, 0.2) is 5.03 Å². The summed E-state index contributed by atoms with van der Waals surface area (Å²) in [6.07, 6.45) is 3.46. The first kappa shape index (κ1) is 15.5. The molecule has 0 atom stereocenters. The van der Waals surface area contributed by atoms with Crippen molar-refractivity contribution >= 4 is 10.0 Å². The highest BCUT2D eigenvalue weighted by Gasteiger charge is 2.31. The van der Waals surface area contributed by atoms with E-state index in [-0.39, 0.29) is 11.1 Å². The summed E-state index contributed by atoms with van der Waals surface area (Å²) < 4.78 is 27.0. The van der Waals surface area contributed by atoms with Crippen molar-refractivity contribution < 1.29 is 8.42 Å². The maximum absolute atomic E-state index is 12.7. The molecule has 0 spiro atoms. The highest BCUT2D eigenvalue weighted by atomic mass is 32.2. The average Bonchev–Trinajstić information content (AvgIpc) is 2.84. The van der Waals surface area contributed by atoms with Gasteiger partial charge in [0.05, 0.1) is 6.20 Å². The summed E-state index contributed by atoms with van der Waals surface area (Å²) in [6.45, 7) is 8.12. The number of H-pyrrole nitrogens is 1. The third-order valence-corrected chi connectivity index (χ3v) is 5.69. The number of sulfonamides is 1. The largest absolute Gasteiger partial charge is 0.332 e. The molecule has 114 valence electrons. The molecule has 0 unspecified atom stereocenters. The molecule has 0 amide bonds. The molecule has 1 aromatic rings. The van der Waals surface area contributed by atoms with Crippen molar-refractivity contribution in [2.24, 2.45) is 5.92 Å². The van der Waals surface area contributed by atoms with Gasteiger partial charge in [-0.05, 0) is 52.6 Å². The second-order valence-electron chi connectivity index (χ2n) is 5.69. The van der Waals surface area contributed by atoms with Gasteiger partial charge in [-0.15, -0.1) is 0 Å². The summed E-state index contributed by atoms with van der Waals surface area (Å²) in [7, 11) is -3.48. The zero-order valence-electron chi connectivity index (χ0n) is 12.4. The van der Waals surface area contributed by atoms with E-state index in [0.29, 0.717) is 18.3 Å². The molecule has 1 aromatic heterocycles. The van der Waals surface area contributed by atoms with Crippen LogP contribution in [0.5, 0.6) is 0 Å². The van der Waals surface area contributed by atoms with Gasteiger partial charge >= 0.3 is 0 Å². The molecule has 1 aliphatic heterocycles. The van der Waals surface area contributed by atoms with Crippen LogP contribution in [0.25, 0.3) is 0 Å². The zero-order valence-corrected chi connectivity index (χ0v) is 13.2. The predicted molar refractivity (Wildman–Crippen MR) is 77.9 cm³/mol. The van der Waals surface area contributed by atoms with E-state index in [0.717, 1.165) is 25.9 Å². The molecule has 7 heteroatoms. The van der Waals surface area contributed by atoms with E-state index in [4.69, 9.17) is 0 Å². The summed E-state index contributed by atoms with van der Waals surface area (Å²) in [6, 6.07) is -0.0570. The van der Waals surface area contributed by atoms with Crippen LogP contribution >= 0.6 is 0 Å². The third kappa shape index (κ3) is 3.39. The summed E-state index contributed by atoms with van der Waals surface area (Å²) in [5, 5.41) is 3.50. The van der Waals surface area contributed by atoms with Crippen molar-refractivity contribution in [3.8, 4) is 0 Å².